The minimum Gasteiger partial charge on any atom is -0.365 e. The Hall–Kier alpha value is -2.98. The van der Waals surface area contributed by atoms with Crippen LogP contribution < -0.4 is 11.1 Å². The van der Waals surface area contributed by atoms with E-state index in [1.807, 2.05) is 6.07 Å². The largest absolute Gasteiger partial charge is 0.365 e. The van der Waals surface area contributed by atoms with Crippen molar-refractivity contribution in [1.82, 2.24) is 4.98 Å². The van der Waals surface area contributed by atoms with Crippen molar-refractivity contribution in [2.24, 2.45) is 5.73 Å². The molecule has 3 N–H and O–H groups in total. The number of primary amides is 1. The average molecular weight is 352 g/mol. The smallest absolute Gasteiger partial charge is 0.266 e. The van der Waals surface area contributed by atoms with Gasteiger partial charge in [0.2, 0.25) is 0 Å². The average Bonchev–Trinajstić information content (AvgIpc) is 2.98. The third-order valence-corrected chi connectivity index (χ3v) is 5.21. The summed E-state index contributed by atoms with van der Waals surface area (Å²) in [6.07, 6.45) is 8.36. The number of nitrogens with one attached hydrogen (secondary N) is 1. The van der Waals surface area contributed by atoms with Gasteiger partial charge in [-0.1, -0.05) is 6.07 Å². The van der Waals surface area contributed by atoms with Gasteiger partial charge in [0.25, 0.3) is 11.8 Å². The topological polar surface area (TPSA) is 109 Å². The number of fused-ring (bicyclic) bond motifs is 1. The predicted molar refractivity (Wildman–Crippen MR) is 95.9 cm³/mol. The summed E-state index contributed by atoms with van der Waals surface area (Å²) in [4.78, 5) is 29.4. The maximum absolute atomic E-state index is 12.5. The van der Waals surface area contributed by atoms with Crippen molar-refractivity contribution in [1.29, 1.82) is 5.26 Å². The summed E-state index contributed by atoms with van der Waals surface area (Å²) < 4.78 is 0. The standard InChI is InChI=1S/C18H16N4O2S/c19-9-12(8-11-4-3-7-21-10-11)17(24)22-18-15(16(20)23)13-5-1-2-6-14(13)25-18/h3-4,7-8,10H,1-2,5-6H2,(H2,20,23)(H,22,24)/b12-8-. The monoisotopic (exact) mass is 352 g/mol. The molecule has 0 saturated heterocycles. The molecule has 0 saturated carbocycles. The van der Waals surface area contributed by atoms with Crippen molar-refractivity contribution in [2.45, 2.75) is 25.7 Å². The van der Waals surface area contributed by atoms with E-state index in [4.69, 9.17) is 5.73 Å². The Kier molecular flexibility index (Phi) is 4.91. The molecule has 0 radical (unpaired) electrons. The molecule has 1 aliphatic carbocycles. The number of nitrogens with zero attached hydrogens (tertiary/aromatic N) is 2. The molecule has 1 aliphatic rings. The number of hydrogen-bond donors (Lipinski definition) is 2. The van der Waals surface area contributed by atoms with Crippen LogP contribution in [0.2, 0.25) is 0 Å². The van der Waals surface area contributed by atoms with Crippen LogP contribution in [0.5, 0.6) is 0 Å². The summed E-state index contributed by atoms with van der Waals surface area (Å²) in [6, 6.07) is 5.36. The van der Waals surface area contributed by atoms with Crippen molar-refractivity contribution >= 4 is 34.2 Å². The number of nitrogens with two attached hydrogens (primary N) is 1. The zero-order valence-electron chi connectivity index (χ0n) is 13.4. The van der Waals surface area contributed by atoms with Crippen molar-refractivity contribution in [3.63, 3.8) is 0 Å². The number of hydrogen-bond acceptors (Lipinski definition) is 5. The zero-order valence-corrected chi connectivity index (χ0v) is 14.2. The molecule has 0 aliphatic heterocycles. The van der Waals surface area contributed by atoms with Gasteiger partial charge < -0.3 is 11.1 Å². The number of nitriles is 1. The lowest BCUT2D eigenvalue weighted by molar-refractivity contribution is -0.112. The molecule has 0 spiro atoms. The van der Waals surface area contributed by atoms with E-state index < -0.39 is 11.8 Å². The maximum Gasteiger partial charge on any atom is 0.266 e. The molecule has 7 heteroatoms. The van der Waals surface area contributed by atoms with Gasteiger partial charge in [-0.25, -0.2) is 0 Å². The number of rotatable bonds is 4. The lowest BCUT2D eigenvalue weighted by atomic mass is 9.95. The molecule has 0 unspecified atom stereocenters. The molecule has 126 valence electrons. The van der Waals surface area contributed by atoms with Gasteiger partial charge in [0.05, 0.1) is 5.56 Å². The normalized spacial score (nSPS) is 13.6. The first-order valence-corrected chi connectivity index (χ1v) is 8.69. The molecule has 0 bridgehead atoms. The summed E-state index contributed by atoms with van der Waals surface area (Å²) in [5.74, 6) is -1.11. The highest BCUT2D eigenvalue weighted by molar-refractivity contribution is 7.17. The summed E-state index contributed by atoms with van der Waals surface area (Å²) in [7, 11) is 0. The highest BCUT2D eigenvalue weighted by atomic mass is 32.1. The number of carbonyl (C=O) groups excluding carboxylic acids is 2. The highest BCUT2D eigenvalue weighted by Gasteiger charge is 2.25. The second-order valence-corrected chi connectivity index (χ2v) is 6.79. The Labute approximate surface area is 149 Å². The van der Waals surface area contributed by atoms with Crippen LogP contribution in [0.25, 0.3) is 6.08 Å². The SMILES string of the molecule is N#C/C(=C/c1cccnc1)C(=O)Nc1sc2c(c1C(N)=O)CCCC2. The van der Waals surface area contributed by atoms with Crippen LogP contribution in [0.4, 0.5) is 5.00 Å². The highest BCUT2D eigenvalue weighted by Crippen LogP contribution is 2.38. The molecule has 2 aromatic rings. The third kappa shape index (κ3) is 3.59. The zero-order chi connectivity index (χ0) is 17.8. The molecule has 6 nitrogen and oxygen atoms in total. The Balaban J connectivity index is 1.90. The lowest BCUT2D eigenvalue weighted by Gasteiger charge is -2.11. The number of carbonyl (C=O) groups is 2. The van der Waals surface area contributed by atoms with Crippen molar-refractivity contribution < 1.29 is 9.59 Å². The molecule has 0 aromatic carbocycles. The Morgan fingerprint density at radius 2 is 2.16 bits per heavy atom. The predicted octanol–water partition coefficient (Wildman–Crippen LogP) is 2.67. The van der Waals surface area contributed by atoms with E-state index in [0.29, 0.717) is 16.1 Å². The van der Waals surface area contributed by atoms with Gasteiger partial charge in [0, 0.05) is 17.3 Å². The minimum atomic E-state index is -0.563. The molecular formula is C18H16N4O2S. The number of aryl methyl sites for hydroxylation is 1. The van der Waals surface area contributed by atoms with Crippen molar-refractivity contribution in [2.75, 3.05) is 5.32 Å². The van der Waals surface area contributed by atoms with Gasteiger partial charge in [-0.3, -0.25) is 14.6 Å². The summed E-state index contributed by atoms with van der Waals surface area (Å²) in [6.45, 7) is 0. The van der Waals surface area contributed by atoms with E-state index in [-0.39, 0.29) is 5.57 Å². The lowest BCUT2D eigenvalue weighted by Crippen LogP contribution is -2.19. The third-order valence-electron chi connectivity index (χ3n) is 4.01. The van der Waals surface area contributed by atoms with Gasteiger partial charge in [-0.05, 0) is 49.0 Å². The van der Waals surface area contributed by atoms with Crippen LogP contribution >= 0.6 is 11.3 Å². The first-order valence-electron chi connectivity index (χ1n) is 7.87. The van der Waals surface area contributed by atoms with Crippen LogP contribution in [0.1, 0.15) is 39.2 Å². The number of aromatic nitrogens is 1. The maximum atomic E-state index is 12.5. The van der Waals surface area contributed by atoms with Gasteiger partial charge in [-0.2, -0.15) is 5.26 Å². The Morgan fingerprint density at radius 3 is 2.84 bits per heavy atom. The molecule has 2 amide bonds. The first-order chi connectivity index (χ1) is 12.1. The molecule has 3 rings (SSSR count). The minimum absolute atomic E-state index is 0.0604. The second kappa shape index (κ2) is 7.28. The first kappa shape index (κ1) is 16.9. The van der Waals surface area contributed by atoms with Crippen LogP contribution in [-0.4, -0.2) is 16.8 Å². The number of anilines is 1. The van der Waals surface area contributed by atoms with Crippen LogP contribution in [0, 0.1) is 11.3 Å². The molecule has 0 atom stereocenters. The van der Waals surface area contributed by atoms with Crippen molar-refractivity contribution in [3.8, 4) is 6.07 Å². The van der Waals surface area contributed by atoms with Crippen LogP contribution in [0.15, 0.2) is 30.1 Å². The van der Waals surface area contributed by atoms with E-state index in [2.05, 4.69) is 10.3 Å². The quantitative estimate of drug-likeness (QED) is 0.651. The number of pyridine rings is 1. The molecule has 2 aromatic heterocycles. The second-order valence-electron chi connectivity index (χ2n) is 5.69. The summed E-state index contributed by atoms with van der Waals surface area (Å²) >= 11 is 1.37. The van der Waals surface area contributed by atoms with E-state index in [9.17, 15) is 14.9 Å². The van der Waals surface area contributed by atoms with Gasteiger partial charge in [0.15, 0.2) is 0 Å². The van der Waals surface area contributed by atoms with E-state index in [0.717, 1.165) is 36.1 Å². The summed E-state index contributed by atoms with van der Waals surface area (Å²) in [5.41, 5.74) is 7.43. The van der Waals surface area contributed by atoms with E-state index in [1.54, 1.807) is 24.5 Å². The Bertz CT molecular complexity index is 894. The number of amides is 2. The fraction of sp³-hybridized carbons (Fsp3) is 0.222. The fourth-order valence-corrected chi connectivity index (χ4v) is 4.15. The molecule has 25 heavy (non-hydrogen) atoms. The van der Waals surface area contributed by atoms with Crippen LogP contribution in [-0.2, 0) is 17.6 Å². The van der Waals surface area contributed by atoms with Gasteiger partial charge in [-0.15, -0.1) is 11.3 Å². The van der Waals surface area contributed by atoms with E-state index >= 15 is 0 Å². The van der Waals surface area contributed by atoms with Crippen LogP contribution in [0.3, 0.4) is 0 Å². The molecule has 2 heterocycles. The van der Waals surface area contributed by atoms with Gasteiger partial charge >= 0.3 is 0 Å². The van der Waals surface area contributed by atoms with Gasteiger partial charge in [0.1, 0.15) is 16.6 Å². The Morgan fingerprint density at radius 1 is 1.36 bits per heavy atom. The summed E-state index contributed by atoms with van der Waals surface area (Å²) in [5, 5.41) is 12.4. The number of thiophene rings is 1. The van der Waals surface area contributed by atoms with Crippen molar-refractivity contribution in [3.05, 3.63) is 51.7 Å². The molecular weight excluding hydrogens is 336 g/mol. The van der Waals surface area contributed by atoms with E-state index in [1.165, 1.54) is 17.4 Å². The fourth-order valence-electron chi connectivity index (χ4n) is 2.86. The molecule has 0 fully saturated rings.